The summed E-state index contributed by atoms with van der Waals surface area (Å²) in [6, 6.07) is 3.07. The van der Waals surface area contributed by atoms with Crippen molar-refractivity contribution in [3.8, 4) is 5.75 Å². The van der Waals surface area contributed by atoms with E-state index in [-0.39, 0.29) is 11.7 Å². The van der Waals surface area contributed by atoms with Gasteiger partial charge >= 0.3 is 5.97 Å². The molecule has 1 N–H and O–H groups in total. The standard InChI is InChI=1S/C11H12Br2O3/c1-3-6(2)16-10-8(12)4-7(11(14)15)5-9(10)13/h4-6H,3H2,1-2H3,(H,14,15). The van der Waals surface area contributed by atoms with Crippen molar-refractivity contribution in [1.82, 2.24) is 0 Å². The molecule has 1 aromatic rings. The fourth-order valence-electron chi connectivity index (χ4n) is 1.08. The van der Waals surface area contributed by atoms with Crippen LogP contribution in [0.2, 0.25) is 0 Å². The van der Waals surface area contributed by atoms with E-state index in [0.29, 0.717) is 14.7 Å². The average molecular weight is 352 g/mol. The molecule has 0 aliphatic rings. The number of halogens is 2. The first kappa shape index (κ1) is 13.5. The SMILES string of the molecule is CCC(C)Oc1c(Br)cc(C(=O)O)cc1Br. The summed E-state index contributed by atoms with van der Waals surface area (Å²) in [6.45, 7) is 3.99. The van der Waals surface area contributed by atoms with E-state index in [2.05, 4.69) is 31.9 Å². The summed E-state index contributed by atoms with van der Waals surface area (Å²) in [5, 5.41) is 8.87. The lowest BCUT2D eigenvalue weighted by Gasteiger charge is -2.15. The van der Waals surface area contributed by atoms with Crippen molar-refractivity contribution in [3.05, 3.63) is 26.6 Å². The summed E-state index contributed by atoms with van der Waals surface area (Å²) in [5.74, 6) is -0.323. The molecule has 0 aliphatic heterocycles. The van der Waals surface area contributed by atoms with Crippen LogP contribution in [0.4, 0.5) is 0 Å². The number of aromatic carboxylic acids is 1. The number of rotatable bonds is 4. The lowest BCUT2D eigenvalue weighted by atomic mass is 10.2. The highest BCUT2D eigenvalue weighted by Crippen LogP contribution is 2.35. The van der Waals surface area contributed by atoms with Gasteiger partial charge in [-0.15, -0.1) is 0 Å². The molecule has 0 bridgehead atoms. The maximum absolute atomic E-state index is 10.8. The van der Waals surface area contributed by atoms with Crippen LogP contribution in [0.1, 0.15) is 30.6 Å². The summed E-state index contributed by atoms with van der Waals surface area (Å²) in [5.41, 5.74) is 0.218. The van der Waals surface area contributed by atoms with Crippen molar-refractivity contribution in [2.75, 3.05) is 0 Å². The third-order valence-corrected chi connectivity index (χ3v) is 3.32. The van der Waals surface area contributed by atoms with Crippen molar-refractivity contribution in [1.29, 1.82) is 0 Å². The second kappa shape index (κ2) is 5.68. The average Bonchev–Trinajstić information content (AvgIpc) is 2.22. The summed E-state index contributed by atoms with van der Waals surface area (Å²) >= 11 is 6.61. The Labute approximate surface area is 111 Å². The van der Waals surface area contributed by atoms with Crippen LogP contribution < -0.4 is 4.74 Å². The molecule has 0 aromatic heterocycles. The summed E-state index contributed by atoms with van der Waals surface area (Å²) in [4.78, 5) is 10.8. The van der Waals surface area contributed by atoms with Crippen molar-refractivity contribution < 1.29 is 14.6 Å². The molecule has 0 saturated heterocycles. The fraction of sp³-hybridized carbons (Fsp3) is 0.364. The highest BCUT2D eigenvalue weighted by molar-refractivity contribution is 9.11. The molecule has 5 heteroatoms. The third kappa shape index (κ3) is 3.22. The second-order valence-electron chi connectivity index (χ2n) is 3.41. The van der Waals surface area contributed by atoms with Gasteiger partial charge in [-0.3, -0.25) is 0 Å². The minimum Gasteiger partial charge on any atom is -0.488 e. The van der Waals surface area contributed by atoms with E-state index in [9.17, 15) is 4.79 Å². The number of hydrogen-bond acceptors (Lipinski definition) is 2. The summed E-state index contributed by atoms with van der Waals surface area (Å²) < 4.78 is 6.95. The molecule has 0 spiro atoms. The molecule has 1 unspecified atom stereocenters. The van der Waals surface area contributed by atoms with E-state index in [0.717, 1.165) is 6.42 Å². The first-order valence-corrected chi connectivity index (χ1v) is 6.43. The van der Waals surface area contributed by atoms with Gasteiger partial charge in [0.2, 0.25) is 0 Å². The molecule has 1 rings (SSSR count). The predicted octanol–water partition coefficient (Wildman–Crippen LogP) is 4.09. The van der Waals surface area contributed by atoms with Gasteiger partial charge in [0.25, 0.3) is 0 Å². The van der Waals surface area contributed by atoms with Crippen LogP contribution in [0, 0.1) is 0 Å². The molecule has 0 saturated carbocycles. The Morgan fingerprint density at radius 2 is 1.94 bits per heavy atom. The van der Waals surface area contributed by atoms with Gasteiger partial charge in [0.1, 0.15) is 5.75 Å². The van der Waals surface area contributed by atoms with Crippen LogP contribution in [0.25, 0.3) is 0 Å². The maximum atomic E-state index is 10.8. The van der Waals surface area contributed by atoms with Crippen molar-refractivity contribution in [3.63, 3.8) is 0 Å². The Kier molecular flexibility index (Phi) is 4.80. The zero-order valence-electron chi connectivity index (χ0n) is 8.96. The molecule has 16 heavy (non-hydrogen) atoms. The quantitative estimate of drug-likeness (QED) is 0.888. The minimum atomic E-state index is -0.962. The predicted molar refractivity (Wildman–Crippen MR) is 69.2 cm³/mol. The van der Waals surface area contributed by atoms with Crippen LogP contribution in [-0.4, -0.2) is 17.2 Å². The van der Waals surface area contributed by atoms with Crippen molar-refractivity contribution in [2.24, 2.45) is 0 Å². The fourth-order valence-corrected chi connectivity index (χ4v) is 2.45. The van der Waals surface area contributed by atoms with Crippen LogP contribution in [0.3, 0.4) is 0 Å². The van der Waals surface area contributed by atoms with Gasteiger partial charge in [0.15, 0.2) is 0 Å². The maximum Gasteiger partial charge on any atom is 0.335 e. The second-order valence-corrected chi connectivity index (χ2v) is 5.12. The normalized spacial score (nSPS) is 12.2. The Balaban J connectivity index is 3.07. The Hall–Kier alpha value is -0.550. The topological polar surface area (TPSA) is 46.5 Å². The monoisotopic (exact) mass is 350 g/mol. The molecule has 0 aliphatic carbocycles. The Bertz CT molecular complexity index is 381. The minimum absolute atomic E-state index is 0.0864. The van der Waals surface area contributed by atoms with Gasteiger partial charge in [-0.2, -0.15) is 0 Å². The number of carboxylic acids is 1. The van der Waals surface area contributed by atoms with Crippen molar-refractivity contribution >= 4 is 37.8 Å². The molecule has 1 aromatic carbocycles. The smallest absolute Gasteiger partial charge is 0.335 e. The van der Waals surface area contributed by atoms with Crippen molar-refractivity contribution in [2.45, 2.75) is 26.4 Å². The zero-order valence-corrected chi connectivity index (χ0v) is 12.1. The summed E-state index contributed by atoms with van der Waals surface area (Å²) in [7, 11) is 0. The van der Waals surface area contributed by atoms with Gasteiger partial charge in [-0.25, -0.2) is 4.79 Å². The first-order chi connectivity index (χ1) is 7.45. The Morgan fingerprint density at radius 1 is 1.44 bits per heavy atom. The third-order valence-electron chi connectivity index (χ3n) is 2.14. The number of benzene rings is 1. The molecular weight excluding hydrogens is 340 g/mol. The molecule has 0 amide bonds. The van der Waals surface area contributed by atoms with Gasteiger partial charge in [0.05, 0.1) is 20.6 Å². The van der Waals surface area contributed by atoms with Crippen LogP contribution >= 0.6 is 31.9 Å². The summed E-state index contributed by atoms with van der Waals surface area (Å²) in [6.07, 6.45) is 0.975. The molecule has 1 atom stereocenters. The molecule has 88 valence electrons. The molecular formula is C11H12Br2O3. The van der Waals surface area contributed by atoms with Gasteiger partial charge < -0.3 is 9.84 Å². The number of carbonyl (C=O) groups is 1. The zero-order chi connectivity index (χ0) is 12.3. The van der Waals surface area contributed by atoms with Crippen LogP contribution in [0.15, 0.2) is 21.1 Å². The first-order valence-electron chi connectivity index (χ1n) is 4.84. The van der Waals surface area contributed by atoms with Gasteiger partial charge in [-0.1, -0.05) is 6.92 Å². The van der Waals surface area contributed by atoms with E-state index in [1.807, 2.05) is 13.8 Å². The molecule has 0 radical (unpaired) electrons. The van der Waals surface area contributed by atoms with E-state index in [1.54, 1.807) is 0 Å². The number of ether oxygens (including phenoxy) is 1. The number of hydrogen-bond donors (Lipinski definition) is 1. The van der Waals surface area contributed by atoms with E-state index >= 15 is 0 Å². The van der Waals surface area contributed by atoms with E-state index < -0.39 is 5.97 Å². The molecule has 3 nitrogen and oxygen atoms in total. The van der Waals surface area contributed by atoms with Crippen LogP contribution in [-0.2, 0) is 0 Å². The number of carboxylic acid groups (broad SMARTS) is 1. The van der Waals surface area contributed by atoms with Gasteiger partial charge in [0, 0.05) is 0 Å². The largest absolute Gasteiger partial charge is 0.488 e. The lowest BCUT2D eigenvalue weighted by molar-refractivity contribution is 0.0696. The molecule has 0 heterocycles. The molecule has 0 fully saturated rings. The van der Waals surface area contributed by atoms with Crippen LogP contribution in [0.5, 0.6) is 5.75 Å². The van der Waals surface area contributed by atoms with E-state index in [1.165, 1.54) is 12.1 Å². The highest BCUT2D eigenvalue weighted by Gasteiger charge is 2.14. The Morgan fingerprint density at radius 3 is 2.31 bits per heavy atom. The van der Waals surface area contributed by atoms with E-state index in [4.69, 9.17) is 9.84 Å². The highest BCUT2D eigenvalue weighted by atomic mass is 79.9. The lowest BCUT2D eigenvalue weighted by Crippen LogP contribution is -2.11. The van der Waals surface area contributed by atoms with Gasteiger partial charge in [-0.05, 0) is 57.3 Å².